The minimum Gasteiger partial charge on any atom is -0.481 e. The van der Waals surface area contributed by atoms with Crippen LogP contribution in [0.5, 0.6) is 0 Å². The Labute approximate surface area is 109 Å². The van der Waals surface area contributed by atoms with Gasteiger partial charge in [-0.15, -0.1) is 0 Å². The van der Waals surface area contributed by atoms with Crippen LogP contribution in [0.25, 0.3) is 0 Å². The van der Waals surface area contributed by atoms with Crippen LogP contribution in [0.3, 0.4) is 0 Å². The molecule has 98 valence electrons. The second-order valence-electron chi connectivity index (χ2n) is 5.72. The smallest absolute Gasteiger partial charge is 0.314 e. The summed E-state index contributed by atoms with van der Waals surface area (Å²) in [6.07, 6.45) is 4.78. The molecule has 1 aliphatic rings. The molecule has 0 bridgehead atoms. The molecule has 1 aliphatic carbocycles. The SMILES string of the molecule is CC(C)c1ccc(C2(C(=O)O)CCCCC2)cc1. The van der Waals surface area contributed by atoms with Gasteiger partial charge in [-0.2, -0.15) is 0 Å². The largest absolute Gasteiger partial charge is 0.481 e. The Hall–Kier alpha value is -1.31. The molecule has 1 saturated carbocycles. The van der Waals surface area contributed by atoms with Crippen LogP contribution < -0.4 is 0 Å². The molecule has 0 radical (unpaired) electrons. The Bertz CT molecular complexity index is 411. The monoisotopic (exact) mass is 246 g/mol. The molecular formula is C16H22O2. The van der Waals surface area contributed by atoms with Gasteiger partial charge in [-0.3, -0.25) is 4.79 Å². The highest BCUT2D eigenvalue weighted by Gasteiger charge is 2.41. The fourth-order valence-electron chi connectivity index (χ4n) is 2.97. The first-order valence-electron chi connectivity index (χ1n) is 6.90. The summed E-state index contributed by atoms with van der Waals surface area (Å²) < 4.78 is 0. The average molecular weight is 246 g/mol. The molecule has 0 amide bonds. The number of hydrogen-bond donors (Lipinski definition) is 1. The van der Waals surface area contributed by atoms with Gasteiger partial charge >= 0.3 is 5.97 Å². The zero-order valence-electron chi connectivity index (χ0n) is 11.3. The second-order valence-corrected chi connectivity index (χ2v) is 5.72. The minimum atomic E-state index is -0.653. The molecule has 2 heteroatoms. The van der Waals surface area contributed by atoms with Crippen LogP contribution in [0.2, 0.25) is 0 Å². The molecule has 18 heavy (non-hydrogen) atoms. The summed E-state index contributed by atoms with van der Waals surface area (Å²) in [6.45, 7) is 4.31. The molecule has 1 fully saturated rings. The van der Waals surface area contributed by atoms with E-state index in [9.17, 15) is 9.90 Å². The summed E-state index contributed by atoms with van der Waals surface area (Å²) in [7, 11) is 0. The predicted molar refractivity (Wildman–Crippen MR) is 72.9 cm³/mol. The van der Waals surface area contributed by atoms with Crippen LogP contribution in [0.15, 0.2) is 24.3 Å². The van der Waals surface area contributed by atoms with Crippen LogP contribution >= 0.6 is 0 Å². The summed E-state index contributed by atoms with van der Waals surface area (Å²) in [6, 6.07) is 8.21. The van der Waals surface area contributed by atoms with Crippen LogP contribution in [-0.4, -0.2) is 11.1 Å². The van der Waals surface area contributed by atoms with E-state index in [4.69, 9.17) is 0 Å². The molecule has 0 atom stereocenters. The molecule has 2 rings (SSSR count). The van der Waals surface area contributed by atoms with E-state index < -0.39 is 11.4 Å². The van der Waals surface area contributed by atoms with E-state index in [1.165, 1.54) is 12.0 Å². The Morgan fingerprint density at radius 1 is 1.11 bits per heavy atom. The first-order valence-corrected chi connectivity index (χ1v) is 6.90. The molecule has 0 spiro atoms. The van der Waals surface area contributed by atoms with Crippen molar-refractivity contribution in [3.05, 3.63) is 35.4 Å². The van der Waals surface area contributed by atoms with Crippen molar-refractivity contribution in [1.82, 2.24) is 0 Å². The fourth-order valence-corrected chi connectivity index (χ4v) is 2.97. The summed E-state index contributed by atoms with van der Waals surface area (Å²) >= 11 is 0. The van der Waals surface area contributed by atoms with E-state index in [1.807, 2.05) is 12.1 Å². The summed E-state index contributed by atoms with van der Waals surface area (Å²) in [5.74, 6) is -0.161. The number of carbonyl (C=O) groups is 1. The molecular weight excluding hydrogens is 224 g/mol. The molecule has 0 saturated heterocycles. The lowest BCUT2D eigenvalue weighted by molar-refractivity contribution is -0.145. The highest BCUT2D eigenvalue weighted by molar-refractivity contribution is 5.81. The van der Waals surface area contributed by atoms with E-state index in [0.717, 1.165) is 31.2 Å². The van der Waals surface area contributed by atoms with Crippen molar-refractivity contribution in [2.75, 3.05) is 0 Å². The Kier molecular flexibility index (Phi) is 3.74. The van der Waals surface area contributed by atoms with Gasteiger partial charge in [-0.25, -0.2) is 0 Å². The number of benzene rings is 1. The average Bonchev–Trinajstić information content (AvgIpc) is 2.39. The second kappa shape index (κ2) is 5.13. The molecule has 0 heterocycles. The van der Waals surface area contributed by atoms with Crippen molar-refractivity contribution in [1.29, 1.82) is 0 Å². The van der Waals surface area contributed by atoms with Crippen molar-refractivity contribution in [2.45, 2.75) is 57.3 Å². The highest BCUT2D eigenvalue weighted by Crippen LogP contribution is 2.40. The molecule has 1 N–H and O–H groups in total. The zero-order valence-corrected chi connectivity index (χ0v) is 11.3. The molecule has 0 unspecified atom stereocenters. The van der Waals surface area contributed by atoms with Crippen molar-refractivity contribution in [3.8, 4) is 0 Å². The lowest BCUT2D eigenvalue weighted by atomic mass is 9.69. The van der Waals surface area contributed by atoms with Crippen molar-refractivity contribution in [3.63, 3.8) is 0 Å². The lowest BCUT2D eigenvalue weighted by Crippen LogP contribution is -2.37. The van der Waals surface area contributed by atoms with E-state index in [2.05, 4.69) is 26.0 Å². The third-order valence-electron chi connectivity index (χ3n) is 4.25. The Morgan fingerprint density at radius 3 is 2.11 bits per heavy atom. The number of carboxylic acid groups (broad SMARTS) is 1. The minimum absolute atomic E-state index is 0.492. The van der Waals surface area contributed by atoms with Crippen molar-refractivity contribution < 1.29 is 9.90 Å². The van der Waals surface area contributed by atoms with Gasteiger partial charge in [0, 0.05) is 0 Å². The van der Waals surface area contributed by atoms with Crippen LogP contribution in [0.1, 0.15) is 63.0 Å². The van der Waals surface area contributed by atoms with Gasteiger partial charge in [-0.05, 0) is 29.9 Å². The van der Waals surface area contributed by atoms with Crippen LogP contribution in [0, 0.1) is 0 Å². The fraction of sp³-hybridized carbons (Fsp3) is 0.562. The third kappa shape index (κ3) is 2.29. The van der Waals surface area contributed by atoms with Gasteiger partial charge in [0.25, 0.3) is 0 Å². The summed E-state index contributed by atoms with van der Waals surface area (Å²) in [5.41, 5.74) is 1.63. The lowest BCUT2D eigenvalue weighted by Gasteiger charge is -2.33. The maximum absolute atomic E-state index is 11.7. The van der Waals surface area contributed by atoms with Gasteiger partial charge in [0.15, 0.2) is 0 Å². The van der Waals surface area contributed by atoms with Gasteiger partial charge in [0.05, 0.1) is 5.41 Å². The van der Waals surface area contributed by atoms with E-state index in [1.54, 1.807) is 0 Å². The highest BCUT2D eigenvalue weighted by atomic mass is 16.4. The first-order chi connectivity index (χ1) is 8.56. The molecule has 1 aromatic carbocycles. The third-order valence-corrected chi connectivity index (χ3v) is 4.25. The van der Waals surface area contributed by atoms with Gasteiger partial charge in [0.1, 0.15) is 0 Å². The normalized spacial score (nSPS) is 18.8. The zero-order chi connectivity index (χ0) is 13.2. The van der Waals surface area contributed by atoms with Crippen LogP contribution in [-0.2, 0) is 10.2 Å². The summed E-state index contributed by atoms with van der Waals surface area (Å²) in [5, 5.41) is 9.62. The molecule has 0 aliphatic heterocycles. The Balaban J connectivity index is 2.34. The van der Waals surface area contributed by atoms with Crippen molar-refractivity contribution >= 4 is 5.97 Å². The van der Waals surface area contributed by atoms with E-state index in [-0.39, 0.29) is 0 Å². The summed E-state index contributed by atoms with van der Waals surface area (Å²) in [4.78, 5) is 11.7. The van der Waals surface area contributed by atoms with Crippen LogP contribution in [0.4, 0.5) is 0 Å². The standard InChI is InChI=1S/C16H22O2/c1-12(2)13-6-8-14(9-7-13)16(15(17)18)10-4-3-5-11-16/h6-9,12H,3-5,10-11H2,1-2H3,(H,17,18). The first kappa shape index (κ1) is 13.1. The molecule has 0 aromatic heterocycles. The van der Waals surface area contributed by atoms with Gasteiger partial charge in [-0.1, -0.05) is 57.4 Å². The maximum atomic E-state index is 11.7. The number of carboxylic acids is 1. The van der Waals surface area contributed by atoms with Crippen molar-refractivity contribution in [2.24, 2.45) is 0 Å². The maximum Gasteiger partial charge on any atom is 0.314 e. The number of hydrogen-bond acceptors (Lipinski definition) is 1. The Morgan fingerprint density at radius 2 is 1.67 bits per heavy atom. The van der Waals surface area contributed by atoms with Gasteiger partial charge < -0.3 is 5.11 Å². The predicted octanol–water partition coefficient (Wildman–Crippen LogP) is 4.10. The number of aliphatic carboxylic acids is 1. The molecule has 1 aromatic rings. The van der Waals surface area contributed by atoms with E-state index >= 15 is 0 Å². The quantitative estimate of drug-likeness (QED) is 0.872. The van der Waals surface area contributed by atoms with E-state index in [0.29, 0.717) is 5.92 Å². The van der Waals surface area contributed by atoms with Gasteiger partial charge in [0.2, 0.25) is 0 Å². The topological polar surface area (TPSA) is 37.3 Å². The number of rotatable bonds is 3. The molecule has 2 nitrogen and oxygen atoms in total.